The van der Waals surface area contributed by atoms with Gasteiger partial charge in [-0.2, -0.15) is 0 Å². The molecule has 0 saturated carbocycles. The van der Waals surface area contributed by atoms with Gasteiger partial charge in [0.25, 0.3) is 0 Å². The summed E-state index contributed by atoms with van der Waals surface area (Å²) in [6, 6.07) is 0. The maximum absolute atomic E-state index is 12.1. The molecule has 0 radical (unpaired) electrons. The highest BCUT2D eigenvalue weighted by atomic mass is 16.2. The number of ketones is 1. The minimum absolute atomic E-state index is 0.0680. The zero-order valence-electron chi connectivity index (χ0n) is 21.1. The molecule has 0 heterocycles. The van der Waals surface area contributed by atoms with Gasteiger partial charge in [0.05, 0.1) is 6.67 Å². The molecule has 0 saturated heterocycles. The predicted octanol–water partition coefficient (Wildman–Crippen LogP) is -3.36. The van der Waals surface area contributed by atoms with Gasteiger partial charge in [0.1, 0.15) is 5.78 Å². The lowest BCUT2D eigenvalue weighted by Crippen LogP contribution is -2.41. The van der Waals surface area contributed by atoms with Crippen molar-refractivity contribution in [1.29, 1.82) is 0 Å². The Morgan fingerprint density at radius 3 is 1.34 bits per heavy atom. The van der Waals surface area contributed by atoms with E-state index in [1.54, 1.807) is 0 Å². The zero-order valence-corrected chi connectivity index (χ0v) is 21.1. The fourth-order valence-corrected chi connectivity index (χ4v) is 3.24. The summed E-state index contributed by atoms with van der Waals surface area (Å²) < 4.78 is 0. The normalized spacial score (nSPS) is 11.0. The molecule has 204 valence electrons. The molecular formula is C22H47N9O4. The maximum atomic E-state index is 12.1. The number of nitrogens with one attached hydrogen (secondary N) is 3. The molecule has 0 aromatic heterocycles. The molecule has 3 amide bonds. The second-order valence-electron chi connectivity index (χ2n) is 8.20. The third-order valence-corrected chi connectivity index (χ3v) is 5.30. The number of hydrogen-bond donors (Lipinski definition) is 7. The highest BCUT2D eigenvalue weighted by molar-refractivity contribution is 5.78. The van der Waals surface area contributed by atoms with E-state index in [1.807, 2.05) is 4.90 Å². The molecule has 0 aliphatic rings. The summed E-state index contributed by atoms with van der Waals surface area (Å²) in [5.74, 6) is -0.225. The van der Waals surface area contributed by atoms with Crippen molar-refractivity contribution in [3.05, 3.63) is 0 Å². The molecule has 0 bridgehead atoms. The van der Waals surface area contributed by atoms with Crippen LogP contribution in [0.4, 0.5) is 0 Å². The van der Waals surface area contributed by atoms with Crippen molar-refractivity contribution in [3.63, 3.8) is 0 Å². The number of carbonyl (C=O) groups excluding carboxylic acids is 4. The molecule has 0 aliphatic carbocycles. The van der Waals surface area contributed by atoms with Crippen LogP contribution in [0.1, 0.15) is 38.5 Å². The van der Waals surface area contributed by atoms with E-state index in [0.717, 1.165) is 0 Å². The molecule has 0 aromatic carbocycles. The largest absolute Gasteiger partial charge is 0.355 e. The minimum atomic E-state index is -0.163. The van der Waals surface area contributed by atoms with Crippen molar-refractivity contribution in [2.24, 2.45) is 22.9 Å². The van der Waals surface area contributed by atoms with E-state index < -0.39 is 0 Å². The SMILES string of the molecule is NCCCC(=O)CCN(CCC(=O)NCCN)CCN(CCC(=O)NCN)CCC(=O)NCCN. The van der Waals surface area contributed by atoms with E-state index in [-0.39, 0.29) is 49.4 Å². The van der Waals surface area contributed by atoms with Crippen LogP contribution in [0.2, 0.25) is 0 Å². The maximum Gasteiger partial charge on any atom is 0.222 e. The number of rotatable bonds is 23. The molecule has 0 unspecified atom stereocenters. The predicted molar refractivity (Wildman–Crippen MR) is 136 cm³/mol. The molecule has 0 rings (SSSR count). The summed E-state index contributed by atoms with van der Waals surface area (Å²) in [7, 11) is 0. The van der Waals surface area contributed by atoms with Crippen LogP contribution in [0, 0.1) is 0 Å². The van der Waals surface area contributed by atoms with Crippen molar-refractivity contribution in [2.75, 3.05) is 78.7 Å². The average molecular weight is 502 g/mol. The highest BCUT2D eigenvalue weighted by Gasteiger charge is 2.15. The van der Waals surface area contributed by atoms with Crippen LogP contribution in [0.5, 0.6) is 0 Å². The van der Waals surface area contributed by atoms with Gasteiger partial charge in [0.15, 0.2) is 0 Å². The Morgan fingerprint density at radius 1 is 0.514 bits per heavy atom. The van der Waals surface area contributed by atoms with Crippen molar-refractivity contribution in [3.8, 4) is 0 Å². The van der Waals surface area contributed by atoms with Gasteiger partial charge in [-0.3, -0.25) is 19.2 Å². The molecule has 0 aliphatic heterocycles. The van der Waals surface area contributed by atoms with Gasteiger partial charge in [-0.1, -0.05) is 0 Å². The van der Waals surface area contributed by atoms with Crippen LogP contribution in [0.25, 0.3) is 0 Å². The standard InChI is InChI=1S/C22H47N9O4/c23-7-1-2-19(32)3-12-30(13-4-20(33)27-10-8-24)16-17-31(15-6-22(35)29-18-26)14-5-21(34)28-11-9-25/h1-18,23-26H2,(H,27,33)(H,28,34)(H,29,35). The Bertz CT molecular complexity index is 583. The van der Waals surface area contributed by atoms with Crippen molar-refractivity contribution in [2.45, 2.75) is 38.5 Å². The number of hydrogen-bond acceptors (Lipinski definition) is 10. The van der Waals surface area contributed by atoms with Crippen molar-refractivity contribution >= 4 is 23.5 Å². The Hall–Kier alpha value is -2.16. The lowest BCUT2D eigenvalue weighted by atomic mass is 10.1. The summed E-state index contributed by atoms with van der Waals surface area (Å²) in [5.41, 5.74) is 21.7. The number of amides is 3. The lowest BCUT2D eigenvalue weighted by Gasteiger charge is -2.27. The smallest absolute Gasteiger partial charge is 0.222 e. The first-order valence-corrected chi connectivity index (χ1v) is 12.4. The first-order chi connectivity index (χ1) is 16.9. The third-order valence-electron chi connectivity index (χ3n) is 5.30. The average Bonchev–Trinajstić information content (AvgIpc) is 2.85. The first kappa shape index (κ1) is 32.8. The van der Waals surface area contributed by atoms with Crippen LogP contribution in [0.15, 0.2) is 0 Å². The van der Waals surface area contributed by atoms with Crippen LogP contribution in [-0.2, 0) is 19.2 Å². The fourth-order valence-electron chi connectivity index (χ4n) is 3.24. The minimum Gasteiger partial charge on any atom is -0.355 e. The topological polar surface area (TPSA) is 215 Å². The van der Waals surface area contributed by atoms with E-state index >= 15 is 0 Å². The molecule has 13 heteroatoms. The van der Waals surface area contributed by atoms with E-state index in [9.17, 15) is 19.2 Å². The molecular weight excluding hydrogens is 454 g/mol. The van der Waals surface area contributed by atoms with E-state index in [0.29, 0.717) is 91.3 Å². The monoisotopic (exact) mass is 501 g/mol. The van der Waals surface area contributed by atoms with E-state index in [4.69, 9.17) is 22.9 Å². The number of carbonyl (C=O) groups is 4. The van der Waals surface area contributed by atoms with Gasteiger partial charge < -0.3 is 48.7 Å². The van der Waals surface area contributed by atoms with Gasteiger partial charge >= 0.3 is 0 Å². The Balaban J connectivity index is 4.97. The summed E-state index contributed by atoms with van der Waals surface area (Å²) in [4.78, 5) is 52.1. The van der Waals surface area contributed by atoms with Crippen molar-refractivity contribution in [1.82, 2.24) is 25.8 Å². The van der Waals surface area contributed by atoms with Crippen molar-refractivity contribution < 1.29 is 19.2 Å². The second-order valence-corrected chi connectivity index (χ2v) is 8.20. The summed E-state index contributed by atoms with van der Waals surface area (Å²) >= 11 is 0. The lowest BCUT2D eigenvalue weighted by molar-refractivity contribution is -0.123. The molecule has 0 fully saturated rings. The van der Waals surface area contributed by atoms with Crippen LogP contribution < -0.4 is 38.9 Å². The van der Waals surface area contributed by atoms with Crippen LogP contribution in [-0.4, -0.2) is 112 Å². The molecule has 0 aromatic rings. The first-order valence-electron chi connectivity index (χ1n) is 12.4. The number of Topliss-reactive ketones (excluding diaryl/α,β-unsaturated/α-hetero) is 1. The summed E-state index contributed by atoms with van der Waals surface area (Å²) in [6.07, 6.45) is 2.30. The van der Waals surface area contributed by atoms with Gasteiger partial charge in [-0.05, 0) is 13.0 Å². The fraction of sp³-hybridized carbons (Fsp3) is 0.818. The zero-order chi connectivity index (χ0) is 26.3. The summed E-state index contributed by atoms with van der Waals surface area (Å²) in [6.45, 7) is 5.19. The molecule has 11 N–H and O–H groups in total. The molecule has 0 spiro atoms. The third kappa shape index (κ3) is 19.8. The Labute approximate surface area is 209 Å². The van der Waals surface area contributed by atoms with Gasteiger partial charge in [0.2, 0.25) is 17.7 Å². The summed E-state index contributed by atoms with van der Waals surface area (Å²) in [5, 5.41) is 8.06. The second kappa shape index (κ2) is 22.3. The van der Waals surface area contributed by atoms with Crippen LogP contribution >= 0.6 is 0 Å². The quantitative estimate of drug-likeness (QED) is 0.0690. The highest BCUT2D eigenvalue weighted by Crippen LogP contribution is 2.02. The molecule has 35 heavy (non-hydrogen) atoms. The van der Waals surface area contributed by atoms with Gasteiger partial charge in [-0.25, -0.2) is 0 Å². The number of nitrogens with zero attached hydrogens (tertiary/aromatic N) is 2. The van der Waals surface area contributed by atoms with E-state index in [1.165, 1.54) is 0 Å². The van der Waals surface area contributed by atoms with Gasteiger partial charge in [-0.15, -0.1) is 0 Å². The van der Waals surface area contributed by atoms with E-state index in [2.05, 4.69) is 20.9 Å². The molecule has 13 nitrogen and oxygen atoms in total. The van der Waals surface area contributed by atoms with Gasteiger partial charge in [0, 0.05) is 97.6 Å². The van der Waals surface area contributed by atoms with Crippen LogP contribution in [0.3, 0.4) is 0 Å². The molecule has 0 atom stereocenters. The Morgan fingerprint density at radius 2 is 0.943 bits per heavy atom. The Kier molecular flexibility index (Phi) is 20.9. The number of nitrogens with two attached hydrogens (primary N) is 4.